The van der Waals surface area contributed by atoms with Crippen LogP contribution < -0.4 is 10.9 Å². The summed E-state index contributed by atoms with van der Waals surface area (Å²) in [6.45, 7) is 0.427. The normalized spacial score (nSPS) is 11.0. The summed E-state index contributed by atoms with van der Waals surface area (Å²) in [5.74, 6) is -0.231. The van der Waals surface area contributed by atoms with Crippen LogP contribution in [0.2, 0.25) is 0 Å². The summed E-state index contributed by atoms with van der Waals surface area (Å²) in [6.07, 6.45) is 3.57. The molecule has 0 bridgehead atoms. The van der Waals surface area contributed by atoms with Crippen LogP contribution in [-0.2, 0) is 6.54 Å². The van der Waals surface area contributed by atoms with Crippen LogP contribution in [0.1, 0.15) is 15.9 Å². The van der Waals surface area contributed by atoms with Crippen molar-refractivity contribution in [2.45, 2.75) is 11.4 Å². The minimum absolute atomic E-state index is 0.182. The summed E-state index contributed by atoms with van der Waals surface area (Å²) in [4.78, 5) is 30.9. The van der Waals surface area contributed by atoms with Crippen LogP contribution in [0.5, 0.6) is 0 Å². The van der Waals surface area contributed by atoms with Gasteiger partial charge in [-0.25, -0.2) is 4.98 Å². The number of thioether (sulfide) groups is 1. The molecule has 1 N–H and O–H groups in total. The molecule has 0 aliphatic heterocycles. The van der Waals surface area contributed by atoms with Gasteiger partial charge in [-0.2, -0.15) is 0 Å². The molecule has 4 aromatic rings. The number of benzene rings is 2. The topological polar surface area (TPSA) is 63.5 Å². The molecule has 0 saturated heterocycles. The largest absolute Gasteiger partial charge is 0.348 e. The Morgan fingerprint density at radius 3 is 2.63 bits per heavy atom. The number of fused-ring (bicyclic) bond motifs is 2. The van der Waals surface area contributed by atoms with Gasteiger partial charge in [-0.1, -0.05) is 24.3 Å². The highest BCUT2D eigenvalue weighted by atomic mass is 32.2. The van der Waals surface area contributed by atoms with Crippen LogP contribution >= 0.6 is 11.8 Å². The van der Waals surface area contributed by atoms with Crippen molar-refractivity contribution < 1.29 is 4.79 Å². The molecule has 0 saturated carbocycles. The van der Waals surface area contributed by atoms with Gasteiger partial charge in [-0.3, -0.25) is 14.0 Å². The predicted molar refractivity (Wildman–Crippen MR) is 108 cm³/mol. The van der Waals surface area contributed by atoms with Gasteiger partial charge in [0, 0.05) is 17.6 Å². The second-order valence-electron chi connectivity index (χ2n) is 6.11. The first-order valence-corrected chi connectivity index (χ1v) is 9.70. The van der Waals surface area contributed by atoms with Gasteiger partial charge in [0.05, 0.1) is 16.5 Å². The third-order valence-corrected chi connectivity index (χ3v) is 5.13. The zero-order valence-corrected chi connectivity index (χ0v) is 15.5. The first kappa shape index (κ1) is 17.3. The van der Waals surface area contributed by atoms with E-state index >= 15 is 0 Å². The molecule has 27 heavy (non-hydrogen) atoms. The van der Waals surface area contributed by atoms with Crippen molar-refractivity contribution in [3.05, 3.63) is 88.3 Å². The van der Waals surface area contributed by atoms with Crippen molar-refractivity contribution in [1.82, 2.24) is 14.7 Å². The highest BCUT2D eigenvalue weighted by molar-refractivity contribution is 7.98. The van der Waals surface area contributed by atoms with E-state index in [1.54, 1.807) is 48.3 Å². The van der Waals surface area contributed by atoms with Crippen molar-refractivity contribution in [3.63, 3.8) is 0 Å². The minimum Gasteiger partial charge on any atom is -0.348 e. The minimum atomic E-state index is -0.231. The van der Waals surface area contributed by atoms with Crippen LogP contribution in [0.4, 0.5) is 0 Å². The zero-order chi connectivity index (χ0) is 18.8. The third-order valence-electron chi connectivity index (χ3n) is 4.39. The van der Waals surface area contributed by atoms with Gasteiger partial charge in [0.15, 0.2) is 0 Å². The van der Waals surface area contributed by atoms with Gasteiger partial charge in [0.2, 0.25) is 0 Å². The number of carbonyl (C=O) groups is 1. The monoisotopic (exact) mass is 375 g/mol. The Bertz CT molecular complexity index is 1200. The number of carbonyl (C=O) groups excluding carboxylic acids is 1. The van der Waals surface area contributed by atoms with Crippen molar-refractivity contribution in [2.75, 3.05) is 6.26 Å². The molecular formula is C21H17N3O2S. The maximum Gasteiger partial charge on any atom is 0.265 e. The van der Waals surface area contributed by atoms with E-state index in [0.29, 0.717) is 28.7 Å². The Labute approximate surface area is 160 Å². The summed E-state index contributed by atoms with van der Waals surface area (Å²) >= 11 is 1.68. The predicted octanol–water partition coefficient (Wildman–Crippen LogP) is 3.50. The highest BCUT2D eigenvalue weighted by Crippen LogP contribution is 2.15. The Balaban J connectivity index is 1.60. The van der Waals surface area contributed by atoms with Crippen molar-refractivity contribution in [2.24, 2.45) is 0 Å². The number of nitrogens with zero attached hydrogens (tertiary/aromatic N) is 2. The molecule has 5 nitrogen and oxygen atoms in total. The van der Waals surface area contributed by atoms with Crippen LogP contribution in [0.3, 0.4) is 0 Å². The molecule has 0 unspecified atom stereocenters. The van der Waals surface area contributed by atoms with Crippen LogP contribution in [-0.4, -0.2) is 21.5 Å². The summed E-state index contributed by atoms with van der Waals surface area (Å²) in [5.41, 5.74) is 2.42. The molecule has 2 aromatic carbocycles. The molecule has 6 heteroatoms. The van der Waals surface area contributed by atoms with Gasteiger partial charge < -0.3 is 5.32 Å². The first-order valence-electron chi connectivity index (χ1n) is 8.48. The first-order chi connectivity index (χ1) is 13.2. The Hall–Kier alpha value is -3.12. The summed E-state index contributed by atoms with van der Waals surface area (Å²) in [7, 11) is 0. The lowest BCUT2D eigenvalue weighted by atomic mass is 10.2. The van der Waals surface area contributed by atoms with Crippen LogP contribution in [0.25, 0.3) is 16.6 Å². The Kier molecular flexibility index (Phi) is 4.64. The maximum absolute atomic E-state index is 12.7. The fraction of sp³-hybridized carbons (Fsp3) is 0.0952. The highest BCUT2D eigenvalue weighted by Gasteiger charge is 2.10. The fourth-order valence-corrected chi connectivity index (χ4v) is 3.32. The van der Waals surface area contributed by atoms with Crippen molar-refractivity contribution >= 4 is 34.2 Å². The fourth-order valence-electron chi connectivity index (χ4n) is 2.91. The molecule has 134 valence electrons. The lowest BCUT2D eigenvalue weighted by molar-refractivity contribution is 0.0950. The number of amides is 1. The molecule has 1 amide bonds. The van der Waals surface area contributed by atoms with Crippen LogP contribution in [0.15, 0.2) is 76.6 Å². The van der Waals surface area contributed by atoms with Gasteiger partial charge in [-0.05, 0) is 48.2 Å². The molecule has 2 heterocycles. The lowest BCUT2D eigenvalue weighted by Crippen LogP contribution is -2.24. The summed E-state index contributed by atoms with van der Waals surface area (Å²) in [6, 6.07) is 18.6. The number of para-hydroxylation sites is 1. The van der Waals surface area contributed by atoms with Crippen molar-refractivity contribution in [1.29, 1.82) is 0 Å². The Morgan fingerprint density at radius 2 is 1.85 bits per heavy atom. The van der Waals surface area contributed by atoms with E-state index in [0.717, 1.165) is 5.56 Å². The SMILES string of the molecule is CSc1ccc(CNC(=O)c2ccc3nc4ccccc4c(=O)n3c2)cc1. The molecular weight excluding hydrogens is 358 g/mol. The van der Waals surface area contributed by atoms with E-state index in [1.807, 2.05) is 36.6 Å². The average molecular weight is 375 g/mol. The van der Waals surface area contributed by atoms with Crippen LogP contribution in [0, 0.1) is 0 Å². The van der Waals surface area contributed by atoms with E-state index in [-0.39, 0.29) is 11.5 Å². The molecule has 0 aliphatic carbocycles. The quantitative estimate of drug-likeness (QED) is 0.438. The molecule has 0 radical (unpaired) electrons. The summed E-state index contributed by atoms with van der Waals surface area (Å²) in [5, 5.41) is 3.42. The number of nitrogens with one attached hydrogen (secondary N) is 1. The van der Waals surface area contributed by atoms with E-state index in [1.165, 1.54) is 9.30 Å². The molecule has 0 atom stereocenters. The molecule has 4 rings (SSSR count). The molecule has 2 aromatic heterocycles. The second-order valence-corrected chi connectivity index (χ2v) is 6.99. The maximum atomic E-state index is 12.7. The van der Waals surface area contributed by atoms with Gasteiger partial charge in [0.25, 0.3) is 11.5 Å². The van der Waals surface area contributed by atoms with Gasteiger partial charge >= 0.3 is 0 Å². The number of hydrogen-bond donors (Lipinski definition) is 1. The van der Waals surface area contributed by atoms with E-state index in [9.17, 15) is 9.59 Å². The standard InChI is InChI=1S/C21H17N3O2S/c1-27-16-9-6-14(7-10-16)12-22-20(25)15-8-11-19-23-18-5-3-2-4-17(18)21(26)24(19)13-15/h2-11,13H,12H2,1H3,(H,22,25). The number of hydrogen-bond acceptors (Lipinski definition) is 4. The molecule has 0 spiro atoms. The van der Waals surface area contributed by atoms with E-state index < -0.39 is 0 Å². The summed E-state index contributed by atoms with van der Waals surface area (Å²) < 4.78 is 1.42. The molecule has 0 aliphatic rings. The van der Waals surface area contributed by atoms with E-state index in [2.05, 4.69) is 10.3 Å². The third kappa shape index (κ3) is 3.44. The lowest BCUT2D eigenvalue weighted by Gasteiger charge is -2.08. The van der Waals surface area contributed by atoms with Gasteiger partial charge in [0.1, 0.15) is 5.65 Å². The molecule has 0 fully saturated rings. The van der Waals surface area contributed by atoms with Crippen molar-refractivity contribution in [3.8, 4) is 0 Å². The zero-order valence-electron chi connectivity index (χ0n) is 14.7. The second kappa shape index (κ2) is 7.25. The number of rotatable bonds is 4. The Morgan fingerprint density at radius 1 is 1.07 bits per heavy atom. The average Bonchev–Trinajstić information content (AvgIpc) is 2.72. The smallest absolute Gasteiger partial charge is 0.265 e. The number of aromatic nitrogens is 2. The number of pyridine rings is 1. The van der Waals surface area contributed by atoms with E-state index in [4.69, 9.17) is 0 Å². The van der Waals surface area contributed by atoms with Gasteiger partial charge in [-0.15, -0.1) is 11.8 Å².